The summed E-state index contributed by atoms with van der Waals surface area (Å²) in [4.78, 5) is 101. The zero-order valence-corrected chi connectivity index (χ0v) is 45.2. The number of fused-ring (bicyclic) bond motifs is 1. The van der Waals surface area contributed by atoms with Crippen molar-refractivity contribution in [1.82, 2.24) is 41.8 Å². The van der Waals surface area contributed by atoms with Gasteiger partial charge in [0.1, 0.15) is 36.0 Å². The van der Waals surface area contributed by atoms with E-state index >= 15 is 0 Å². The van der Waals surface area contributed by atoms with Crippen molar-refractivity contribution in [1.29, 1.82) is 0 Å². The Kier molecular flexibility index (Phi) is 20.4. The molecule has 17 nitrogen and oxygen atoms in total. The Balaban J connectivity index is 1.15. The van der Waals surface area contributed by atoms with Gasteiger partial charge in [0.15, 0.2) is 0 Å². The van der Waals surface area contributed by atoms with Gasteiger partial charge in [-0.05, 0) is 134 Å². The number of aromatic nitrogens is 1. The van der Waals surface area contributed by atoms with Crippen molar-refractivity contribution < 1.29 is 65.0 Å². The van der Waals surface area contributed by atoms with Crippen LogP contribution in [0.25, 0.3) is 10.9 Å². The monoisotopic (exact) mass is 1140 g/mol. The third-order valence-corrected chi connectivity index (χ3v) is 13.9. The number of hydrogen-bond acceptors (Lipinski definition) is 9. The van der Waals surface area contributed by atoms with E-state index in [1.165, 1.54) is 11.8 Å². The van der Waals surface area contributed by atoms with Gasteiger partial charge < -0.3 is 52.6 Å². The van der Waals surface area contributed by atoms with Crippen molar-refractivity contribution in [2.24, 2.45) is 11.7 Å². The molecule has 0 saturated carbocycles. The van der Waals surface area contributed by atoms with E-state index in [-0.39, 0.29) is 56.4 Å². The third kappa shape index (κ3) is 16.7. The van der Waals surface area contributed by atoms with E-state index in [2.05, 4.69) is 36.9 Å². The molecule has 24 heteroatoms. The Morgan fingerprint density at radius 1 is 0.725 bits per heavy atom. The lowest BCUT2D eigenvalue weighted by Gasteiger charge is -2.30. The van der Waals surface area contributed by atoms with Crippen molar-refractivity contribution in [2.45, 2.75) is 128 Å². The average molecular weight is 1140 g/mol. The highest BCUT2D eigenvalue weighted by atomic mass is 35.5. The van der Waals surface area contributed by atoms with E-state index in [9.17, 15) is 65.0 Å². The molecule has 6 atom stereocenters. The topological polar surface area (TPSA) is 257 Å². The van der Waals surface area contributed by atoms with Crippen LogP contribution in [0.2, 0.25) is 5.02 Å². The number of phenols is 1. The molecule has 0 radical (unpaired) electrons. The zero-order valence-electron chi connectivity index (χ0n) is 44.5. The predicted octanol–water partition coefficient (Wildman–Crippen LogP) is 5.97. The maximum Gasteiger partial charge on any atom is 0.416 e. The number of aromatic hydroxyl groups is 1. The van der Waals surface area contributed by atoms with Gasteiger partial charge in [0.2, 0.25) is 41.4 Å². The predicted molar refractivity (Wildman–Crippen MR) is 285 cm³/mol. The van der Waals surface area contributed by atoms with Gasteiger partial charge in [-0.2, -0.15) is 26.3 Å². The van der Waals surface area contributed by atoms with Crippen molar-refractivity contribution >= 4 is 63.9 Å². The lowest BCUT2D eigenvalue weighted by molar-refractivity contribution is -0.143. The van der Waals surface area contributed by atoms with E-state index in [1.807, 2.05) is 0 Å². The number of likely N-dealkylation sites (tertiary alicyclic amines) is 1. The van der Waals surface area contributed by atoms with E-state index < -0.39 is 120 Å². The molecule has 7 amide bonds. The maximum absolute atomic E-state index is 14.6. The summed E-state index contributed by atoms with van der Waals surface area (Å²) in [7, 11) is 0. The van der Waals surface area contributed by atoms with Gasteiger partial charge in [-0.15, -0.1) is 0 Å². The molecule has 1 aromatic heterocycles. The number of aromatic amines is 1. The summed E-state index contributed by atoms with van der Waals surface area (Å²) in [5.74, 6) is -5.58. The molecule has 0 bridgehead atoms. The highest BCUT2D eigenvalue weighted by Crippen LogP contribution is 2.36. The molecule has 1 saturated heterocycles. The molecule has 4 aromatic carbocycles. The van der Waals surface area contributed by atoms with Gasteiger partial charge >= 0.3 is 12.4 Å². The van der Waals surface area contributed by atoms with Gasteiger partial charge in [0, 0.05) is 48.1 Å². The Hall–Kier alpha value is -7.66. The fraction of sp³-hybridized carbons (Fsp3) is 0.411. The minimum atomic E-state index is -5.14. The van der Waals surface area contributed by atoms with E-state index in [0.29, 0.717) is 45.6 Å². The molecule has 1 aliphatic heterocycles. The van der Waals surface area contributed by atoms with Crippen LogP contribution in [-0.2, 0) is 71.7 Å². The molecule has 430 valence electrons. The molecule has 1 fully saturated rings. The number of para-hydroxylation sites is 1. The van der Waals surface area contributed by atoms with Crippen molar-refractivity contribution in [3.8, 4) is 5.75 Å². The van der Waals surface area contributed by atoms with E-state index in [0.717, 1.165) is 16.7 Å². The maximum atomic E-state index is 14.6. The van der Waals surface area contributed by atoms with Crippen LogP contribution >= 0.6 is 11.6 Å². The molecule has 0 unspecified atom stereocenters. The summed E-state index contributed by atoms with van der Waals surface area (Å²) < 4.78 is 82.2. The van der Waals surface area contributed by atoms with Crippen molar-refractivity contribution in [3.05, 3.63) is 135 Å². The quantitative estimate of drug-likeness (QED) is 0.0370. The van der Waals surface area contributed by atoms with Gasteiger partial charge in [-0.3, -0.25) is 33.6 Å². The Morgan fingerprint density at radius 3 is 1.99 bits per heavy atom. The Bertz CT molecular complexity index is 3020. The zero-order chi connectivity index (χ0) is 58.8. The smallest absolute Gasteiger partial charge is 0.416 e. The van der Waals surface area contributed by atoms with Crippen LogP contribution in [0.5, 0.6) is 5.75 Å². The number of rotatable bonds is 22. The highest BCUT2D eigenvalue weighted by Gasteiger charge is 2.41. The number of alkyl halides is 6. The SMILES string of the molecule is Cc1cc(O)cc(C)c1C[C@H](N)C(=O)N[C@@H](C)C(=O)NCC(=O)N[C@@H](Cc1ccc(Cl)cc1)C(=O)N1CCC[C@H]1C(=O)N[C@@H](CC(C)C)C(=O)N[C@@H](Cc1c[nH]c2ccccc12)C(=O)NCc1cc(C(F)(F)F)cc(C(F)(F)F)c1. The first-order chi connectivity index (χ1) is 37.6. The first-order valence-electron chi connectivity index (χ1n) is 25.8. The second-order valence-electron chi connectivity index (χ2n) is 20.4. The summed E-state index contributed by atoms with van der Waals surface area (Å²) in [6.07, 6.45) is -8.37. The molecule has 0 spiro atoms. The fourth-order valence-electron chi connectivity index (χ4n) is 9.52. The second kappa shape index (κ2) is 26.5. The Labute approximate surface area is 462 Å². The average Bonchev–Trinajstić information content (AvgIpc) is 4.07. The van der Waals surface area contributed by atoms with Crippen LogP contribution in [0.15, 0.2) is 85.1 Å². The number of nitrogens with zero attached hydrogens (tertiary/aromatic N) is 1. The lowest BCUT2D eigenvalue weighted by atomic mass is 9.96. The number of carbonyl (C=O) groups excluding carboxylic acids is 7. The molecule has 6 rings (SSSR count). The number of aryl methyl sites for hydroxylation is 2. The number of nitrogens with one attached hydrogen (secondary N) is 7. The summed E-state index contributed by atoms with van der Waals surface area (Å²) in [5, 5.41) is 26.3. The van der Waals surface area contributed by atoms with Crippen LogP contribution in [-0.4, -0.2) is 106 Å². The summed E-state index contributed by atoms with van der Waals surface area (Å²) in [5.41, 5.74) is 6.49. The summed E-state index contributed by atoms with van der Waals surface area (Å²) in [6.45, 7) is 7.11. The fourth-order valence-corrected chi connectivity index (χ4v) is 9.65. The molecular formula is C56H64ClF6N9O8. The number of amides is 7. The highest BCUT2D eigenvalue weighted by molar-refractivity contribution is 6.30. The molecule has 5 aromatic rings. The molecular weight excluding hydrogens is 1080 g/mol. The first kappa shape index (κ1) is 61.6. The number of benzene rings is 4. The number of phenolic OH excluding ortho intramolecular Hbond substituents is 1. The standard InChI is InChI=1S/C56H64ClF6N9O8/c1-29(2)17-44(52(78)70-45(23-35-27-65-43-10-7-6-9-40(35)43)51(77)66-26-34-20-36(55(58,59)60)24-37(21-34)56(61,62)63)71-53(79)47-11-8-16-72(47)54(80)46(22-33-12-14-38(57)15-13-33)69-48(74)28-67-49(75)32(5)68-50(76)42(64)25-41-30(3)18-39(73)19-31(41)4/h6-7,9-10,12-15,18-21,24,27,29,32,42,44-47,65,73H,8,11,16-17,22-23,25-26,28,64H2,1-5H3,(H,66,77)(H,67,75)(H,68,76)(H,69,74)(H,70,78)(H,71,79)/t32-,42-,44-,45-,46-,47-/m0/s1. The van der Waals surface area contributed by atoms with Crippen LogP contribution in [0, 0.1) is 19.8 Å². The first-order valence-corrected chi connectivity index (χ1v) is 26.1. The summed E-state index contributed by atoms with van der Waals surface area (Å²) in [6, 6.07) is 9.97. The van der Waals surface area contributed by atoms with E-state index in [4.69, 9.17) is 17.3 Å². The van der Waals surface area contributed by atoms with Crippen LogP contribution in [0.3, 0.4) is 0 Å². The lowest BCUT2D eigenvalue weighted by Crippen LogP contribution is -2.59. The molecule has 0 aliphatic carbocycles. The van der Waals surface area contributed by atoms with Crippen molar-refractivity contribution in [2.75, 3.05) is 13.1 Å². The van der Waals surface area contributed by atoms with Gasteiger partial charge in [-0.25, -0.2) is 0 Å². The number of H-pyrrole nitrogens is 1. The van der Waals surface area contributed by atoms with Gasteiger partial charge in [0.25, 0.3) is 0 Å². The minimum absolute atomic E-state index is 0.0133. The molecule has 2 heterocycles. The largest absolute Gasteiger partial charge is 0.508 e. The van der Waals surface area contributed by atoms with Crippen LogP contribution in [0.4, 0.5) is 26.3 Å². The van der Waals surface area contributed by atoms with Gasteiger partial charge in [0.05, 0.1) is 23.7 Å². The molecule has 80 heavy (non-hydrogen) atoms. The second-order valence-corrected chi connectivity index (χ2v) is 20.8. The minimum Gasteiger partial charge on any atom is -0.508 e. The number of nitrogens with two attached hydrogens (primary N) is 1. The third-order valence-electron chi connectivity index (χ3n) is 13.6. The Morgan fingerprint density at radius 2 is 1.36 bits per heavy atom. The normalized spacial score (nSPS) is 15.6. The number of hydrogen-bond donors (Lipinski definition) is 9. The van der Waals surface area contributed by atoms with Crippen LogP contribution in [0.1, 0.15) is 84.5 Å². The molecule has 1 aliphatic rings. The van der Waals surface area contributed by atoms with Crippen LogP contribution < -0.4 is 37.6 Å². The van der Waals surface area contributed by atoms with E-state index in [1.54, 1.807) is 94.6 Å². The number of halogens is 7. The molecule has 10 N–H and O–H groups in total. The summed E-state index contributed by atoms with van der Waals surface area (Å²) >= 11 is 6.13. The number of carbonyl (C=O) groups is 7. The van der Waals surface area contributed by atoms with Crippen molar-refractivity contribution in [3.63, 3.8) is 0 Å². The van der Waals surface area contributed by atoms with Gasteiger partial charge in [-0.1, -0.05) is 55.8 Å².